The molecule has 0 unspecified atom stereocenters. The van der Waals surface area contributed by atoms with Gasteiger partial charge in [0.1, 0.15) is 11.5 Å². The minimum atomic E-state index is 0.821. The molecule has 0 radical (unpaired) electrons. The molecule has 0 saturated carbocycles. The summed E-state index contributed by atoms with van der Waals surface area (Å²) in [6, 6.07) is 18.9. The maximum Gasteiger partial charge on any atom is 0.137 e. The molecule has 1 fully saturated rings. The van der Waals surface area contributed by atoms with Gasteiger partial charge in [0.2, 0.25) is 0 Å². The lowest BCUT2D eigenvalue weighted by molar-refractivity contribution is 0.436. The molecule has 1 aliphatic heterocycles. The van der Waals surface area contributed by atoms with Gasteiger partial charge in [-0.2, -0.15) is 0 Å². The van der Waals surface area contributed by atoms with Crippen LogP contribution in [-0.4, -0.2) is 32.4 Å². The minimum Gasteiger partial charge on any atom is -0.357 e. The molecule has 5 heterocycles. The Morgan fingerprint density at radius 2 is 1.75 bits per heavy atom. The van der Waals surface area contributed by atoms with Gasteiger partial charge >= 0.3 is 0 Å². The van der Waals surface area contributed by atoms with Gasteiger partial charge < -0.3 is 4.90 Å². The second-order valence-corrected chi connectivity index (χ2v) is 8.74. The highest BCUT2D eigenvalue weighted by atomic mass is 15.2. The average Bonchev–Trinajstić information content (AvgIpc) is 3.27. The van der Waals surface area contributed by atoms with Gasteiger partial charge in [0, 0.05) is 48.2 Å². The van der Waals surface area contributed by atoms with Crippen LogP contribution in [0.4, 0.5) is 5.82 Å². The highest BCUT2D eigenvalue weighted by Crippen LogP contribution is 2.30. The highest BCUT2D eigenvalue weighted by Gasteiger charge is 2.17. The number of piperidine rings is 1. The molecule has 0 bridgehead atoms. The van der Waals surface area contributed by atoms with Crippen molar-refractivity contribution in [1.82, 2.24) is 19.4 Å². The third kappa shape index (κ3) is 3.30. The van der Waals surface area contributed by atoms with E-state index in [9.17, 15) is 0 Å². The lowest BCUT2D eigenvalue weighted by Crippen LogP contribution is -2.33. The van der Waals surface area contributed by atoms with Gasteiger partial charge in [-0.15, -0.1) is 0 Å². The van der Waals surface area contributed by atoms with E-state index in [2.05, 4.69) is 69.9 Å². The van der Waals surface area contributed by atoms with Crippen LogP contribution in [0.5, 0.6) is 0 Å². The van der Waals surface area contributed by atoms with Crippen LogP contribution in [0.25, 0.3) is 38.9 Å². The van der Waals surface area contributed by atoms with E-state index in [-0.39, 0.29) is 0 Å². The number of benzene rings is 1. The molecule has 5 aromatic rings. The van der Waals surface area contributed by atoms with Gasteiger partial charge in [-0.1, -0.05) is 25.1 Å². The monoisotopic (exact) mass is 419 g/mol. The van der Waals surface area contributed by atoms with Crippen LogP contribution in [0.3, 0.4) is 0 Å². The van der Waals surface area contributed by atoms with Gasteiger partial charge in [-0.25, -0.2) is 9.97 Å². The Bertz CT molecular complexity index is 1390. The lowest BCUT2D eigenvalue weighted by Gasteiger charge is -2.31. The number of anilines is 1. The summed E-state index contributed by atoms with van der Waals surface area (Å²) in [4.78, 5) is 16.3. The van der Waals surface area contributed by atoms with Gasteiger partial charge in [0.25, 0.3) is 0 Å². The molecule has 32 heavy (non-hydrogen) atoms. The van der Waals surface area contributed by atoms with Crippen LogP contribution >= 0.6 is 0 Å². The standard InChI is InChI=1S/C27H25N5/c1-19-9-13-31(14-10-19)26-8-7-21(17-29-26)20-11-15-32-25(18-30-27(32)16-20)23-4-2-6-24-22(23)5-3-12-28-24/h2-8,11-12,15-19H,9-10,13-14H2,1H3. The van der Waals surface area contributed by atoms with Crippen molar-refractivity contribution >= 4 is 22.4 Å². The van der Waals surface area contributed by atoms with E-state index in [4.69, 9.17) is 9.97 Å². The second kappa shape index (κ2) is 7.75. The summed E-state index contributed by atoms with van der Waals surface area (Å²) in [7, 11) is 0. The number of fused-ring (bicyclic) bond motifs is 2. The molecular formula is C27H25N5. The van der Waals surface area contributed by atoms with Gasteiger partial charge in [0.05, 0.1) is 17.4 Å². The fourth-order valence-corrected chi connectivity index (χ4v) is 4.67. The second-order valence-electron chi connectivity index (χ2n) is 8.74. The fourth-order valence-electron chi connectivity index (χ4n) is 4.67. The first-order chi connectivity index (χ1) is 15.8. The van der Waals surface area contributed by atoms with Crippen LogP contribution in [-0.2, 0) is 0 Å². The molecule has 0 aliphatic carbocycles. The van der Waals surface area contributed by atoms with E-state index in [0.29, 0.717) is 0 Å². The van der Waals surface area contributed by atoms with Crippen LogP contribution in [0, 0.1) is 5.92 Å². The predicted molar refractivity (Wildman–Crippen MR) is 130 cm³/mol. The van der Waals surface area contributed by atoms with Crippen molar-refractivity contribution in [3.05, 3.63) is 79.4 Å². The molecule has 158 valence electrons. The third-order valence-electron chi connectivity index (χ3n) is 6.62. The largest absolute Gasteiger partial charge is 0.357 e. The number of hydrogen-bond acceptors (Lipinski definition) is 4. The van der Waals surface area contributed by atoms with Crippen molar-refractivity contribution in [1.29, 1.82) is 0 Å². The summed E-state index contributed by atoms with van der Waals surface area (Å²) in [6.07, 6.45) is 10.4. The Morgan fingerprint density at radius 1 is 0.844 bits per heavy atom. The van der Waals surface area contributed by atoms with Crippen LogP contribution in [0.15, 0.2) is 79.4 Å². The Labute approximate surface area is 187 Å². The number of pyridine rings is 3. The average molecular weight is 420 g/mol. The summed E-state index contributed by atoms with van der Waals surface area (Å²) >= 11 is 0. The van der Waals surface area contributed by atoms with Gasteiger partial charge in [-0.3, -0.25) is 9.38 Å². The Hall–Kier alpha value is -3.73. The Kier molecular flexibility index (Phi) is 4.60. The summed E-state index contributed by atoms with van der Waals surface area (Å²) < 4.78 is 2.14. The van der Waals surface area contributed by atoms with E-state index in [0.717, 1.165) is 63.8 Å². The van der Waals surface area contributed by atoms with E-state index >= 15 is 0 Å². The van der Waals surface area contributed by atoms with Crippen molar-refractivity contribution < 1.29 is 0 Å². The van der Waals surface area contributed by atoms with E-state index < -0.39 is 0 Å². The molecule has 5 nitrogen and oxygen atoms in total. The quantitative estimate of drug-likeness (QED) is 0.368. The number of hydrogen-bond donors (Lipinski definition) is 0. The molecule has 0 spiro atoms. The number of aromatic nitrogens is 4. The van der Waals surface area contributed by atoms with Gasteiger partial charge in [-0.05, 0) is 60.7 Å². The van der Waals surface area contributed by atoms with E-state index in [1.165, 1.54) is 12.8 Å². The Morgan fingerprint density at radius 3 is 2.59 bits per heavy atom. The molecule has 0 amide bonds. The number of rotatable bonds is 3. The molecule has 1 aliphatic rings. The zero-order valence-electron chi connectivity index (χ0n) is 18.1. The molecule has 1 aromatic carbocycles. The van der Waals surface area contributed by atoms with Crippen molar-refractivity contribution in [3.63, 3.8) is 0 Å². The first kappa shape index (κ1) is 19.0. The maximum absolute atomic E-state index is 4.76. The van der Waals surface area contributed by atoms with Crippen molar-refractivity contribution in [3.8, 4) is 22.4 Å². The van der Waals surface area contributed by atoms with Crippen LogP contribution in [0.1, 0.15) is 19.8 Å². The van der Waals surface area contributed by atoms with Gasteiger partial charge in [0.15, 0.2) is 0 Å². The molecule has 1 saturated heterocycles. The molecule has 6 rings (SSSR count). The molecular weight excluding hydrogens is 394 g/mol. The van der Waals surface area contributed by atoms with Crippen molar-refractivity contribution in [2.75, 3.05) is 18.0 Å². The Balaban J connectivity index is 1.33. The zero-order valence-corrected chi connectivity index (χ0v) is 18.1. The van der Waals surface area contributed by atoms with Crippen LogP contribution in [0.2, 0.25) is 0 Å². The highest BCUT2D eigenvalue weighted by molar-refractivity contribution is 5.94. The molecule has 4 aromatic heterocycles. The first-order valence-corrected chi connectivity index (χ1v) is 11.3. The summed E-state index contributed by atoms with van der Waals surface area (Å²) in [5.74, 6) is 1.90. The van der Waals surface area contributed by atoms with Crippen LogP contribution < -0.4 is 4.90 Å². The number of imidazole rings is 1. The van der Waals surface area contributed by atoms with Crippen molar-refractivity contribution in [2.45, 2.75) is 19.8 Å². The SMILES string of the molecule is CC1CCN(c2ccc(-c3ccn4c(-c5cccc6ncccc56)cnc4c3)cn2)CC1. The van der Waals surface area contributed by atoms with Crippen molar-refractivity contribution in [2.24, 2.45) is 5.92 Å². The summed E-state index contributed by atoms with van der Waals surface area (Å²) in [5, 5.41) is 1.13. The maximum atomic E-state index is 4.76. The molecule has 0 N–H and O–H groups in total. The number of nitrogens with zero attached hydrogens (tertiary/aromatic N) is 5. The first-order valence-electron chi connectivity index (χ1n) is 11.3. The predicted octanol–water partition coefficient (Wildman–Crippen LogP) is 5.85. The zero-order chi connectivity index (χ0) is 21.5. The van der Waals surface area contributed by atoms with E-state index in [1.807, 2.05) is 30.7 Å². The normalized spacial score (nSPS) is 15.0. The fraction of sp³-hybridized carbons (Fsp3) is 0.222. The summed E-state index contributed by atoms with van der Waals surface area (Å²) in [5.41, 5.74) is 6.36. The lowest BCUT2D eigenvalue weighted by atomic mass is 9.99. The third-order valence-corrected chi connectivity index (χ3v) is 6.62. The topological polar surface area (TPSA) is 46.3 Å². The minimum absolute atomic E-state index is 0.821. The van der Waals surface area contributed by atoms with E-state index in [1.54, 1.807) is 0 Å². The summed E-state index contributed by atoms with van der Waals surface area (Å²) in [6.45, 7) is 4.53. The smallest absolute Gasteiger partial charge is 0.137 e. The molecule has 0 atom stereocenters. The molecule has 5 heteroatoms.